The maximum atomic E-state index is 12.5. The van der Waals surface area contributed by atoms with Gasteiger partial charge in [0.2, 0.25) is 17.7 Å². The van der Waals surface area contributed by atoms with E-state index in [-0.39, 0.29) is 18.2 Å². The Hall–Kier alpha value is -1.93. The lowest BCUT2D eigenvalue weighted by molar-refractivity contribution is -0.131. The zero-order valence-corrected chi connectivity index (χ0v) is 18.2. The third-order valence-corrected chi connectivity index (χ3v) is 6.57. The Balaban J connectivity index is 2.71. The van der Waals surface area contributed by atoms with E-state index in [9.17, 15) is 14.4 Å². The molecule has 2 atom stereocenters. The average Bonchev–Trinajstić information content (AvgIpc) is 2.69. The Morgan fingerprint density at radius 1 is 1.18 bits per heavy atom. The minimum Gasteiger partial charge on any atom is -0.369 e. The number of thioether (sulfide) groups is 2. The number of rotatable bonds is 12. The van der Waals surface area contributed by atoms with Crippen molar-refractivity contribution < 1.29 is 14.4 Å². The molecule has 0 bridgehead atoms. The molecule has 0 aliphatic carbocycles. The van der Waals surface area contributed by atoms with Gasteiger partial charge in [-0.05, 0) is 18.2 Å². The summed E-state index contributed by atoms with van der Waals surface area (Å²) in [6.07, 6.45) is 2.31. The van der Waals surface area contributed by atoms with Crippen LogP contribution in [0.1, 0.15) is 25.8 Å². The van der Waals surface area contributed by atoms with Crippen LogP contribution >= 0.6 is 23.5 Å². The van der Waals surface area contributed by atoms with Crippen molar-refractivity contribution in [2.45, 2.75) is 32.7 Å². The monoisotopic (exact) mass is 423 g/mol. The van der Waals surface area contributed by atoms with Gasteiger partial charge < -0.3 is 16.4 Å². The molecule has 0 aliphatic rings. The third kappa shape index (κ3) is 8.84. The second-order valence-corrected chi connectivity index (χ2v) is 8.71. The van der Waals surface area contributed by atoms with Gasteiger partial charge in [-0.15, -0.1) is 23.5 Å². The Labute approximate surface area is 175 Å². The highest BCUT2D eigenvalue weighted by atomic mass is 32.2. The van der Waals surface area contributed by atoms with Crippen molar-refractivity contribution in [3.63, 3.8) is 0 Å². The molecule has 28 heavy (non-hydrogen) atoms. The minimum absolute atomic E-state index is 0.0433. The standard InChI is InChI=1S/C20H29N3O3S2/c1-4-18(27-5-2)28-13-15(19(21)25)12-17(24)23-16(20(26)22-3)11-14-9-7-6-8-10-14/h4,6-10,15-16H,5,11-13H2,1-3H3,(H2,21,25)(H,22,26)(H,23,24)/b18-4+/t15-,16+/m1/s1. The maximum absolute atomic E-state index is 12.5. The maximum Gasteiger partial charge on any atom is 0.242 e. The first-order valence-corrected chi connectivity index (χ1v) is 11.1. The molecule has 0 saturated heterocycles. The number of hydrogen-bond donors (Lipinski definition) is 3. The molecule has 6 nitrogen and oxygen atoms in total. The lowest BCUT2D eigenvalue weighted by atomic mass is 10.0. The first-order valence-electron chi connectivity index (χ1n) is 9.17. The van der Waals surface area contributed by atoms with Crippen molar-refractivity contribution in [1.29, 1.82) is 0 Å². The Bertz CT molecular complexity index is 681. The van der Waals surface area contributed by atoms with E-state index in [0.717, 1.165) is 15.6 Å². The smallest absolute Gasteiger partial charge is 0.242 e. The highest BCUT2D eigenvalue weighted by molar-refractivity contribution is 8.22. The molecule has 8 heteroatoms. The normalized spacial score (nSPS) is 13.5. The van der Waals surface area contributed by atoms with E-state index in [1.807, 2.05) is 43.3 Å². The fraction of sp³-hybridized carbons (Fsp3) is 0.450. The van der Waals surface area contributed by atoms with Crippen LogP contribution in [0.2, 0.25) is 0 Å². The molecule has 0 fully saturated rings. The summed E-state index contributed by atoms with van der Waals surface area (Å²) in [6.45, 7) is 3.99. The van der Waals surface area contributed by atoms with Crippen LogP contribution in [0.4, 0.5) is 0 Å². The number of primary amides is 1. The van der Waals surface area contributed by atoms with Gasteiger partial charge in [-0.3, -0.25) is 14.4 Å². The summed E-state index contributed by atoms with van der Waals surface area (Å²) in [5, 5.41) is 5.31. The Morgan fingerprint density at radius 3 is 2.39 bits per heavy atom. The van der Waals surface area contributed by atoms with Gasteiger partial charge in [0, 0.05) is 29.9 Å². The van der Waals surface area contributed by atoms with Crippen LogP contribution in [0.15, 0.2) is 40.6 Å². The summed E-state index contributed by atoms with van der Waals surface area (Å²) in [5.74, 6) is -0.393. The molecule has 1 aromatic rings. The van der Waals surface area contributed by atoms with Crippen LogP contribution < -0.4 is 16.4 Å². The predicted molar refractivity (Wildman–Crippen MR) is 118 cm³/mol. The van der Waals surface area contributed by atoms with Gasteiger partial charge in [-0.2, -0.15) is 0 Å². The number of allylic oxidation sites excluding steroid dienone is 1. The van der Waals surface area contributed by atoms with Crippen LogP contribution in [0.25, 0.3) is 0 Å². The third-order valence-electron chi connectivity index (χ3n) is 3.96. The quantitative estimate of drug-likeness (QED) is 0.479. The molecule has 0 radical (unpaired) electrons. The Kier molecular flexibility index (Phi) is 11.4. The van der Waals surface area contributed by atoms with Gasteiger partial charge in [0.15, 0.2) is 0 Å². The summed E-state index contributed by atoms with van der Waals surface area (Å²) < 4.78 is 1.10. The van der Waals surface area contributed by atoms with Gasteiger partial charge in [0.05, 0.1) is 5.92 Å². The first-order chi connectivity index (χ1) is 13.4. The van der Waals surface area contributed by atoms with Crippen molar-refractivity contribution in [3.8, 4) is 0 Å². The lowest BCUT2D eigenvalue weighted by Crippen LogP contribution is -2.48. The molecule has 154 valence electrons. The Morgan fingerprint density at radius 2 is 1.86 bits per heavy atom. The predicted octanol–water partition coefficient (Wildman–Crippen LogP) is 2.30. The number of likely N-dealkylation sites (N-methyl/N-ethyl adjacent to an activating group) is 1. The fourth-order valence-electron chi connectivity index (χ4n) is 2.49. The van der Waals surface area contributed by atoms with E-state index in [1.54, 1.807) is 11.8 Å². The molecule has 0 saturated carbocycles. The van der Waals surface area contributed by atoms with Gasteiger partial charge >= 0.3 is 0 Å². The van der Waals surface area contributed by atoms with Crippen molar-refractivity contribution in [3.05, 3.63) is 46.2 Å². The number of benzene rings is 1. The minimum atomic E-state index is -0.706. The molecular weight excluding hydrogens is 394 g/mol. The van der Waals surface area contributed by atoms with Gasteiger partial charge in [-0.1, -0.05) is 43.3 Å². The molecule has 3 amide bonds. The number of amides is 3. The van der Waals surface area contributed by atoms with E-state index in [2.05, 4.69) is 17.6 Å². The topological polar surface area (TPSA) is 101 Å². The molecule has 1 aromatic carbocycles. The first kappa shape index (κ1) is 24.1. The molecule has 4 N–H and O–H groups in total. The summed E-state index contributed by atoms with van der Waals surface area (Å²) in [6, 6.07) is 8.74. The molecular formula is C20H29N3O3S2. The van der Waals surface area contributed by atoms with E-state index >= 15 is 0 Å². The average molecular weight is 424 g/mol. The molecule has 0 spiro atoms. The van der Waals surface area contributed by atoms with Crippen molar-refractivity contribution in [1.82, 2.24) is 10.6 Å². The molecule has 0 heterocycles. The van der Waals surface area contributed by atoms with Gasteiger partial charge in [0.25, 0.3) is 0 Å². The highest BCUT2D eigenvalue weighted by Crippen LogP contribution is 2.30. The molecule has 1 rings (SSSR count). The van der Waals surface area contributed by atoms with E-state index in [4.69, 9.17) is 5.73 Å². The fourth-order valence-corrected chi connectivity index (χ4v) is 4.64. The summed E-state index contributed by atoms with van der Waals surface area (Å²) in [4.78, 5) is 36.4. The van der Waals surface area contributed by atoms with E-state index in [0.29, 0.717) is 12.2 Å². The number of carbonyl (C=O) groups is 3. The number of nitrogens with two attached hydrogens (primary N) is 1. The second kappa shape index (κ2) is 13.3. The number of hydrogen-bond acceptors (Lipinski definition) is 5. The summed E-state index contributed by atoms with van der Waals surface area (Å²) in [5.41, 5.74) is 6.43. The van der Waals surface area contributed by atoms with Crippen LogP contribution in [0.5, 0.6) is 0 Å². The zero-order valence-electron chi connectivity index (χ0n) is 16.6. The van der Waals surface area contributed by atoms with Crippen LogP contribution in [0, 0.1) is 5.92 Å². The van der Waals surface area contributed by atoms with Crippen molar-refractivity contribution in [2.24, 2.45) is 11.7 Å². The van der Waals surface area contributed by atoms with E-state index in [1.165, 1.54) is 18.8 Å². The zero-order chi connectivity index (χ0) is 20.9. The van der Waals surface area contributed by atoms with Crippen LogP contribution in [-0.4, -0.2) is 42.3 Å². The highest BCUT2D eigenvalue weighted by Gasteiger charge is 2.24. The molecule has 0 unspecified atom stereocenters. The summed E-state index contributed by atoms with van der Waals surface area (Å²) in [7, 11) is 1.53. The van der Waals surface area contributed by atoms with Crippen molar-refractivity contribution >= 4 is 41.2 Å². The lowest BCUT2D eigenvalue weighted by Gasteiger charge is -2.19. The number of carbonyl (C=O) groups excluding carboxylic acids is 3. The van der Waals surface area contributed by atoms with Gasteiger partial charge in [-0.25, -0.2) is 0 Å². The largest absolute Gasteiger partial charge is 0.369 e. The number of nitrogens with one attached hydrogen (secondary N) is 2. The summed E-state index contributed by atoms with van der Waals surface area (Å²) >= 11 is 3.21. The van der Waals surface area contributed by atoms with Crippen LogP contribution in [0.3, 0.4) is 0 Å². The second-order valence-electron chi connectivity index (χ2n) is 6.08. The molecule has 0 aromatic heterocycles. The van der Waals surface area contributed by atoms with Crippen LogP contribution in [-0.2, 0) is 20.8 Å². The van der Waals surface area contributed by atoms with Gasteiger partial charge in [0.1, 0.15) is 6.04 Å². The van der Waals surface area contributed by atoms with Crippen molar-refractivity contribution in [2.75, 3.05) is 18.6 Å². The SMILES string of the molecule is C/C=C(\SCC)SC[C@@H](CC(=O)N[C@@H](Cc1ccccc1)C(=O)NC)C(N)=O. The van der Waals surface area contributed by atoms with E-state index < -0.39 is 17.9 Å². The molecule has 0 aliphatic heterocycles.